The molecule has 0 spiro atoms. The number of aliphatic hydroxyl groups is 4. The van der Waals surface area contributed by atoms with Gasteiger partial charge in [-0.05, 0) is 38.5 Å². The van der Waals surface area contributed by atoms with Crippen LogP contribution in [0.4, 0.5) is 0 Å². The van der Waals surface area contributed by atoms with E-state index in [9.17, 15) is 25.2 Å². The van der Waals surface area contributed by atoms with Crippen molar-refractivity contribution >= 4 is 5.91 Å². The van der Waals surface area contributed by atoms with Gasteiger partial charge >= 0.3 is 0 Å². The highest BCUT2D eigenvalue weighted by atomic mass is 16.3. The maximum Gasteiger partial charge on any atom is 0.249 e. The fourth-order valence-electron chi connectivity index (χ4n) is 6.75. The number of allylic oxidation sites excluding steroid dienone is 2. The quantitative estimate of drug-likeness (QED) is 0.0325. The number of aliphatic hydroxyl groups excluding tert-OH is 4. The first-order valence-electron chi connectivity index (χ1n) is 21.6. The number of rotatable bonds is 39. The van der Waals surface area contributed by atoms with Crippen LogP contribution in [0.1, 0.15) is 226 Å². The molecule has 0 aromatic carbocycles. The van der Waals surface area contributed by atoms with Gasteiger partial charge in [0.05, 0.1) is 18.8 Å². The fraction of sp³-hybridized carbons (Fsp3) is 0.930. The fourth-order valence-corrected chi connectivity index (χ4v) is 6.75. The molecule has 0 aromatic heterocycles. The van der Waals surface area contributed by atoms with E-state index in [0.717, 1.165) is 51.4 Å². The third-order valence-electron chi connectivity index (χ3n) is 10.2. The zero-order valence-electron chi connectivity index (χ0n) is 32.7. The highest BCUT2D eigenvalue weighted by Crippen LogP contribution is 2.16. The first-order chi connectivity index (χ1) is 24.0. The molecule has 6 heteroatoms. The van der Waals surface area contributed by atoms with Gasteiger partial charge in [-0.2, -0.15) is 0 Å². The van der Waals surface area contributed by atoms with Gasteiger partial charge in [0, 0.05) is 0 Å². The molecule has 0 aliphatic carbocycles. The Kier molecular flexibility index (Phi) is 37.5. The van der Waals surface area contributed by atoms with E-state index < -0.39 is 36.9 Å². The van der Waals surface area contributed by atoms with Gasteiger partial charge in [-0.15, -0.1) is 0 Å². The molecule has 0 unspecified atom stereocenters. The zero-order chi connectivity index (χ0) is 36.0. The Bertz CT molecular complexity index is 702. The molecule has 0 rings (SSSR count). The number of amides is 1. The lowest BCUT2D eigenvalue weighted by Crippen LogP contribution is -2.53. The van der Waals surface area contributed by atoms with Gasteiger partial charge in [-0.25, -0.2) is 0 Å². The zero-order valence-corrected chi connectivity index (χ0v) is 32.7. The molecular formula is C43H85NO5. The van der Waals surface area contributed by atoms with Crippen molar-refractivity contribution in [2.75, 3.05) is 6.61 Å². The second-order valence-corrected chi connectivity index (χ2v) is 15.0. The van der Waals surface area contributed by atoms with Crippen molar-refractivity contribution in [3.63, 3.8) is 0 Å². The molecule has 1 amide bonds. The number of carbonyl (C=O) groups is 1. The Morgan fingerprint density at radius 1 is 0.490 bits per heavy atom. The molecule has 0 aliphatic rings. The number of hydrogen-bond acceptors (Lipinski definition) is 5. The average Bonchev–Trinajstić information content (AvgIpc) is 3.11. The summed E-state index contributed by atoms with van der Waals surface area (Å²) in [5.41, 5.74) is 0. The van der Waals surface area contributed by atoms with E-state index in [1.54, 1.807) is 0 Å². The molecule has 5 N–H and O–H groups in total. The van der Waals surface area contributed by atoms with Gasteiger partial charge in [-0.3, -0.25) is 4.79 Å². The van der Waals surface area contributed by atoms with Crippen molar-refractivity contribution in [1.29, 1.82) is 0 Å². The molecule has 0 fully saturated rings. The van der Waals surface area contributed by atoms with Crippen molar-refractivity contribution < 1.29 is 25.2 Å². The Morgan fingerprint density at radius 2 is 0.816 bits per heavy atom. The second-order valence-electron chi connectivity index (χ2n) is 15.0. The molecule has 292 valence electrons. The van der Waals surface area contributed by atoms with Gasteiger partial charge in [0.15, 0.2) is 0 Å². The van der Waals surface area contributed by atoms with Crippen molar-refractivity contribution in [1.82, 2.24) is 5.32 Å². The smallest absolute Gasteiger partial charge is 0.249 e. The van der Waals surface area contributed by atoms with Crippen LogP contribution >= 0.6 is 0 Å². The van der Waals surface area contributed by atoms with Crippen LogP contribution in [0.25, 0.3) is 0 Å². The van der Waals surface area contributed by atoms with Crippen LogP contribution in [0.3, 0.4) is 0 Å². The summed E-state index contributed by atoms with van der Waals surface area (Å²) in [6.07, 6.45) is 40.9. The molecule has 4 atom stereocenters. The van der Waals surface area contributed by atoms with Crippen LogP contribution in [0, 0.1) is 0 Å². The lowest BCUT2D eigenvalue weighted by atomic mass is 9.99. The maximum atomic E-state index is 12.5. The summed E-state index contributed by atoms with van der Waals surface area (Å²) in [7, 11) is 0. The van der Waals surface area contributed by atoms with Gasteiger partial charge in [-0.1, -0.05) is 199 Å². The van der Waals surface area contributed by atoms with Crippen molar-refractivity contribution in [3.8, 4) is 0 Å². The number of carbonyl (C=O) groups excluding carboxylic acids is 1. The predicted molar refractivity (Wildman–Crippen MR) is 210 cm³/mol. The number of nitrogens with one attached hydrogen (secondary N) is 1. The first-order valence-corrected chi connectivity index (χ1v) is 21.6. The van der Waals surface area contributed by atoms with E-state index in [1.165, 1.54) is 148 Å². The molecule has 0 radical (unpaired) electrons. The number of unbranched alkanes of at least 4 members (excludes halogenated alkanes) is 28. The van der Waals surface area contributed by atoms with E-state index in [4.69, 9.17) is 0 Å². The summed E-state index contributed by atoms with van der Waals surface area (Å²) in [4.78, 5) is 12.5. The van der Waals surface area contributed by atoms with Gasteiger partial charge in [0.2, 0.25) is 5.91 Å². The Balaban J connectivity index is 3.74. The van der Waals surface area contributed by atoms with Crippen molar-refractivity contribution in [3.05, 3.63) is 12.2 Å². The lowest BCUT2D eigenvalue weighted by Gasteiger charge is -2.27. The van der Waals surface area contributed by atoms with Crippen molar-refractivity contribution in [2.45, 2.75) is 250 Å². The van der Waals surface area contributed by atoms with E-state index in [-0.39, 0.29) is 0 Å². The summed E-state index contributed by atoms with van der Waals surface area (Å²) < 4.78 is 0. The van der Waals surface area contributed by atoms with Crippen LogP contribution in [0.15, 0.2) is 12.2 Å². The summed E-state index contributed by atoms with van der Waals surface area (Å²) in [5.74, 6) is -0.585. The van der Waals surface area contributed by atoms with Crippen LogP contribution < -0.4 is 5.32 Å². The lowest BCUT2D eigenvalue weighted by molar-refractivity contribution is -0.132. The SMILES string of the molecule is CCCCCCCC/C=C/CCCCCCC[C@@H](O)[C@@H](O)[C@H](CO)NC(=O)[C@@H](O)CCCCCCCCCCCCCCCCCCCC. The largest absolute Gasteiger partial charge is 0.394 e. The molecule has 6 nitrogen and oxygen atoms in total. The molecule has 0 saturated heterocycles. The Labute approximate surface area is 304 Å². The van der Waals surface area contributed by atoms with Gasteiger partial charge in [0.1, 0.15) is 12.2 Å². The summed E-state index contributed by atoms with van der Waals surface area (Å²) in [6.45, 7) is 4.04. The third-order valence-corrected chi connectivity index (χ3v) is 10.2. The summed E-state index contributed by atoms with van der Waals surface area (Å²) in [6, 6.07) is -0.986. The molecule has 0 heterocycles. The van der Waals surface area contributed by atoms with E-state index in [0.29, 0.717) is 12.8 Å². The minimum atomic E-state index is -1.26. The first kappa shape index (κ1) is 48.0. The normalized spacial score (nSPS) is 14.3. The Morgan fingerprint density at radius 3 is 1.18 bits per heavy atom. The topological polar surface area (TPSA) is 110 Å². The average molecular weight is 696 g/mol. The van der Waals surface area contributed by atoms with E-state index >= 15 is 0 Å². The third kappa shape index (κ3) is 32.7. The minimum Gasteiger partial charge on any atom is -0.394 e. The van der Waals surface area contributed by atoms with Crippen LogP contribution in [0.2, 0.25) is 0 Å². The summed E-state index contributed by atoms with van der Waals surface area (Å²) >= 11 is 0. The maximum absolute atomic E-state index is 12.5. The second kappa shape index (κ2) is 38.3. The van der Waals surface area contributed by atoms with E-state index in [1.807, 2.05) is 0 Å². The van der Waals surface area contributed by atoms with Crippen LogP contribution in [0.5, 0.6) is 0 Å². The summed E-state index contributed by atoms with van der Waals surface area (Å²) in [5, 5.41) is 43.6. The van der Waals surface area contributed by atoms with E-state index in [2.05, 4.69) is 31.3 Å². The monoisotopic (exact) mass is 696 g/mol. The van der Waals surface area contributed by atoms with Crippen LogP contribution in [-0.2, 0) is 4.79 Å². The Hall–Kier alpha value is -0.950. The molecule has 49 heavy (non-hydrogen) atoms. The van der Waals surface area contributed by atoms with Gasteiger partial charge < -0.3 is 25.7 Å². The van der Waals surface area contributed by atoms with Crippen molar-refractivity contribution in [2.24, 2.45) is 0 Å². The van der Waals surface area contributed by atoms with Crippen LogP contribution in [-0.4, -0.2) is 57.3 Å². The highest BCUT2D eigenvalue weighted by molar-refractivity contribution is 5.80. The molecule has 0 bridgehead atoms. The molecule has 0 aliphatic heterocycles. The molecule has 0 aromatic rings. The predicted octanol–water partition coefficient (Wildman–Crippen LogP) is 11.0. The van der Waals surface area contributed by atoms with Gasteiger partial charge in [0.25, 0.3) is 0 Å². The molecule has 0 saturated carbocycles. The highest BCUT2D eigenvalue weighted by Gasteiger charge is 2.28. The number of hydrogen-bond donors (Lipinski definition) is 5. The standard InChI is InChI=1S/C43H85NO5/c1-3-5-7-9-11-13-15-17-19-20-21-23-25-27-29-31-33-35-37-41(47)43(49)44-39(38-45)42(48)40(46)36-34-32-30-28-26-24-22-18-16-14-12-10-8-6-4-2/h18,22,39-42,45-48H,3-17,19-21,23-38H2,1-2H3,(H,44,49)/b22-18+/t39-,40+,41-,42-/m0/s1. The minimum absolute atomic E-state index is 0.371. The molecular weight excluding hydrogens is 610 g/mol.